The number of amides is 2. The van der Waals surface area contributed by atoms with Crippen molar-refractivity contribution in [3.8, 4) is 0 Å². The number of nitro benzene ring substituents is 1. The molecule has 0 bridgehead atoms. The largest absolute Gasteiger partial charge is 0.326 e. The lowest BCUT2D eigenvalue weighted by Crippen LogP contribution is -2.20. The summed E-state index contributed by atoms with van der Waals surface area (Å²) in [7, 11) is 0. The van der Waals surface area contributed by atoms with Crippen molar-refractivity contribution in [1.29, 1.82) is 0 Å². The molecule has 8 nitrogen and oxygen atoms in total. The van der Waals surface area contributed by atoms with Gasteiger partial charge in [0.1, 0.15) is 0 Å². The topological polar surface area (TPSA) is 114 Å². The van der Waals surface area contributed by atoms with Gasteiger partial charge in [0, 0.05) is 29.3 Å². The SMILES string of the molecule is C/C(=N/NC(=O)c1ccc(NC(=O)C(C)C)cc1)c1ccc([N+](=O)[O-])cc1. The van der Waals surface area contributed by atoms with Crippen LogP contribution in [0, 0.1) is 16.0 Å². The number of hydrogen-bond donors (Lipinski definition) is 2. The Balaban J connectivity index is 2.00. The highest BCUT2D eigenvalue weighted by Gasteiger charge is 2.09. The van der Waals surface area contributed by atoms with E-state index in [4.69, 9.17) is 0 Å². The van der Waals surface area contributed by atoms with Crippen molar-refractivity contribution in [2.75, 3.05) is 5.32 Å². The van der Waals surface area contributed by atoms with Crippen molar-refractivity contribution in [2.24, 2.45) is 11.0 Å². The number of carbonyl (C=O) groups excluding carboxylic acids is 2. The molecule has 0 heterocycles. The average molecular weight is 368 g/mol. The maximum absolute atomic E-state index is 12.2. The highest BCUT2D eigenvalue weighted by molar-refractivity contribution is 6.01. The maximum Gasteiger partial charge on any atom is 0.271 e. The highest BCUT2D eigenvalue weighted by Crippen LogP contribution is 2.13. The van der Waals surface area contributed by atoms with Crippen LogP contribution in [0.25, 0.3) is 0 Å². The molecular formula is C19H20N4O4. The van der Waals surface area contributed by atoms with Gasteiger partial charge in [0.25, 0.3) is 11.6 Å². The van der Waals surface area contributed by atoms with Gasteiger partial charge in [-0.15, -0.1) is 0 Å². The van der Waals surface area contributed by atoms with Gasteiger partial charge in [0.15, 0.2) is 0 Å². The van der Waals surface area contributed by atoms with Crippen LogP contribution < -0.4 is 10.7 Å². The molecule has 140 valence electrons. The summed E-state index contributed by atoms with van der Waals surface area (Å²) in [5, 5.41) is 17.4. The van der Waals surface area contributed by atoms with Crippen molar-refractivity contribution in [2.45, 2.75) is 20.8 Å². The van der Waals surface area contributed by atoms with E-state index in [1.165, 1.54) is 12.1 Å². The van der Waals surface area contributed by atoms with E-state index < -0.39 is 10.8 Å². The second-order valence-corrected chi connectivity index (χ2v) is 6.16. The average Bonchev–Trinajstić information content (AvgIpc) is 2.66. The first-order valence-corrected chi connectivity index (χ1v) is 8.28. The van der Waals surface area contributed by atoms with Gasteiger partial charge in [-0.3, -0.25) is 19.7 Å². The molecule has 0 aromatic heterocycles. The summed E-state index contributed by atoms with van der Waals surface area (Å²) in [5.74, 6) is -0.641. The number of hydrogen-bond acceptors (Lipinski definition) is 5. The van der Waals surface area contributed by atoms with E-state index in [2.05, 4.69) is 15.8 Å². The smallest absolute Gasteiger partial charge is 0.271 e. The minimum atomic E-state index is -0.481. The van der Waals surface area contributed by atoms with Gasteiger partial charge < -0.3 is 5.32 Å². The van der Waals surface area contributed by atoms with E-state index in [1.54, 1.807) is 57.2 Å². The van der Waals surface area contributed by atoms with E-state index in [1.807, 2.05) is 0 Å². The Hall–Kier alpha value is -3.55. The first-order valence-electron chi connectivity index (χ1n) is 8.28. The van der Waals surface area contributed by atoms with E-state index in [0.717, 1.165) is 0 Å². The summed E-state index contributed by atoms with van der Waals surface area (Å²) >= 11 is 0. The Morgan fingerprint density at radius 3 is 2.07 bits per heavy atom. The zero-order valence-electron chi connectivity index (χ0n) is 15.2. The number of nitrogens with zero attached hydrogens (tertiary/aromatic N) is 2. The lowest BCUT2D eigenvalue weighted by atomic mass is 10.1. The van der Waals surface area contributed by atoms with Crippen LogP contribution in [0.5, 0.6) is 0 Å². The highest BCUT2D eigenvalue weighted by atomic mass is 16.6. The summed E-state index contributed by atoms with van der Waals surface area (Å²) in [5.41, 5.74) is 4.59. The molecule has 0 radical (unpaired) electrons. The minimum Gasteiger partial charge on any atom is -0.326 e. The van der Waals surface area contributed by atoms with Crippen molar-refractivity contribution in [3.63, 3.8) is 0 Å². The molecule has 0 spiro atoms. The number of nitrogens with one attached hydrogen (secondary N) is 2. The van der Waals surface area contributed by atoms with Gasteiger partial charge >= 0.3 is 0 Å². The van der Waals surface area contributed by atoms with E-state index in [9.17, 15) is 19.7 Å². The third-order valence-electron chi connectivity index (χ3n) is 3.76. The number of rotatable bonds is 6. The Morgan fingerprint density at radius 1 is 1.00 bits per heavy atom. The van der Waals surface area contributed by atoms with Crippen LogP contribution in [-0.2, 0) is 4.79 Å². The Morgan fingerprint density at radius 2 is 1.56 bits per heavy atom. The number of anilines is 1. The predicted molar refractivity (Wildman–Crippen MR) is 103 cm³/mol. The van der Waals surface area contributed by atoms with Gasteiger partial charge in [-0.1, -0.05) is 13.8 Å². The summed E-state index contributed by atoms with van der Waals surface area (Å²) in [6.45, 7) is 5.27. The summed E-state index contributed by atoms with van der Waals surface area (Å²) in [6, 6.07) is 12.3. The molecule has 0 atom stereocenters. The van der Waals surface area contributed by atoms with Crippen molar-refractivity contribution >= 4 is 28.9 Å². The molecule has 0 aliphatic carbocycles. The van der Waals surface area contributed by atoms with Crippen LogP contribution >= 0.6 is 0 Å². The van der Waals surface area contributed by atoms with Gasteiger partial charge in [-0.05, 0) is 48.9 Å². The zero-order chi connectivity index (χ0) is 20.0. The second kappa shape index (κ2) is 8.70. The van der Waals surface area contributed by atoms with Crippen molar-refractivity contribution in [1.82, 2.24) is 5.43 Å². The lowest BCUT2D eigenvalue weighted by Gasteiger charge is -2.08. The minimum absolute atomic E-state index is 0.0137. The third kappa shape index (κ3) is 5.46. The fraction of sp³-hybridized carbons (Fsp3) is 0.211. The molecule has 0 aliphatic heterocycles. The molecule has 2 amide bonds. The number of benzene rings is 2. The molecule has 2 N–H and O–H groups in total. The Labute approximate surface area is 156 Å². The first kappa shape index (κ1) is 19.8. The van der Waals surface area contributed by atoms with Gasteiger partial charge in [-0.2, -0.15) is 5.10 Å². The monoisotopic (exact) mass is 368 g/mol. The molecule has 2 rings (SSSR count). The summed E-state index contributed by atoms with van der Waals surface area (Å²) in [4.78, 5) is 34.0. The predicted octanol–water partition coefficient (Wildman–Crippen LogP) is 3.34. The van der Waals surface area contributed by atoms with Gasteiger partial charge in [-0.25, -0.2) is 5.43 Å². The quantitative estimate of drug-likeness (QED) is 0.462. The molecule has 0 saturated heterocycles. The number of hydrazone groups is 1. The molecule has 8 heteroatoms. The van der Waals surface area contributed by atoms with Crippen LogP contribution in [0.4, 0.5) is 11.4 Å². The summed E-state index contributed by atoms with van der Waals surface area (Å²) < 4.78 is 0. The van der Waals surface area contributed by atoms with Crippen molar-refractivity contribution in [3.05, 3.63) is 69.8 Å². The van der Waals surface area contributed by atoms with Crippen LogP contribution in [0.2, 0.25) is 0 Å². The standard InChI is InChI=1S/C19H20N4O4/c1-12(2)18(24)20-16-8-4-15(5-9-16)19(25)22-21-13(3)14-6-10-17(11-7-14)23(26)27/h4-12H,1-3H3,(H,20,24)(H,22,25)/b21-13-. The van der Waals surface area contributed by atoms with Crippen LogP contribution in [0.3, 0.4) is 0 Å². The van der Waals surface area contributed by atoms with Crippen LogP contribution in [0.15, 0.2) is 53.6 Å². The number of nitro groups is 1. The maximum atomic E-state index is 12.2. The number of carbonyl (C=O) groups is 2. The third-order valence-corrected chi connectivity index (χ3v) is 3.76. The van der Waals surface area contributed by atoms with E-state index in [0.29, 0.717) is 22.5 Å². The van der Waals surface area contributed by atoms with Gasteiger partial charge in [0.2, 0.25) is 5.91 Å². The Kier molecular flexibility index (Phi) is 6.37. The number of non-ortho nitro benzene ring substituents is 1. The molecule has 27 heavy (non-hydrogen) atoms. The molecule has 0 fully saturated rings. The fourth-order valence-corrected chi connectivity index (χ4v) is 2.08. The van der Waals surface area contributed by atoms with Crippen molar-refractivity contribution < 1.29 is 14.5 Å². The molecule has 0 unspecified atom stereocenters. The molecule has 0 saturated carbocycles. The van der Waals surface area contributed by atoms with E-state index in [-0.39, 0.29) is 17.5 Å². The first-order chi connectivity index (χ1) is 12.8. The van der Waals surface area contributed by atoms with Crippen LogP contribution in [0.1, 0.15) is 36.7 Å². The fourth-order valence-electron chi connectivity index (χ4n) is 2.08. The second-order valence-electron chi connectivity index (χ2n) is 6.16. The lowest BCUT2D eigenvalue weighted by molar-refractivity contribution is -0.384. The van der Waals surface area contributed by atoms with Crippen LogP contribution in [-0.4, -0.2) is 22.4 Å². The van der Waals surface area contributed by atoms with E-state index >= 15 is 0 Å². The molecule has 0 aliphatic rings. The molecule has 2 aromatic rings. The summed E-state index contributed by atoms with van der Waals surface area (Å²) in [6.07, 6.45) is 0. The normalized spacial score (nSPS) is 11.2. The zero-order valence-corrected chi connectivity index (χ0v) is 15.2. The Bertz CT molecular complexity index is 872. The molecule has 2 aromatic carbocycles. The molecular weight excluding hydrogens is 348 g/mol. The van der Waals surface area contributed by atoms with Gasteiger partial charge in [0.05, 0.1) is 10.6 Å².